The third kappa shape index (κ3) is 3.30. The van der Waals surface area contributed by atoms with Crippen molar-refractivity contribution in [3.63, 3.8) is 0 Å². The van der Waals surface area contributed by atoms with Gasteiger partial charge in [0, 0.05) is 36.5 Å². The SMILES string of the molecule is CCSC1CCC(N2CCNC3(CCCCC3)C2)C1. The van der Waals surface area contributed by atoms with Crippen molar-refractivity contribution >= 4 is 11.8 Å². The zero-order chi connectivity index (χ0) is 13.1. The normalized spacial score (nSPS) is 35.8. The Balaban J connectivity index is 1.56. The maximum Gasteiger partial charge on any atom is 0.0309 e. The molecule has 2 unspecified atom stereocenters. The summed E-state index contributed by atoms with van der Waals surface area (Å²) >= 11 is 2.19. The predicted molar refractivity (Wildman–Crippen MR) is 85.0 cm³/mol. The van der Waals surface area contributed by atoms with Crippen LogP contribution in [0.2, 0.25) is 0 Å². The van der Waals surface area contributed by atoms with E-state index in [9.17, 15) is 0 Å². The molecule has 0 amide bonds. The number of hydrogen-bond acceptors (Lipinski definition) is 3. The van der Waals surface area contributed by atoms with E-state index in [2.05, 4.69) is 28.9 Å². The first-order chi connectivity index (χ1) is 9.31. The van der Waals surface area contributed by atoms with Crippen LogP contribution in [0.5, 0.6) is 0 Å². The minimum Gasteiger partial charge on any atom is -0.309 e. The van der Waals surface area contributed by atoms with Crippen molar-refractivity contribution in [1.82, 2.24) is 10.2 Å². The second-order valence-corrected chi connectivity index (χ2v) is 8.36. The zero-order valence-corrected chi connectivity index (χ0v) is 13.3. The molecule has 3 fully saturated rings. The van der Waals surface area contributed by atoms with Gasteiger partial charge in [-0.15, -0.1) is 0 Å². The summed E-state index contributed by atoms with van der Waals surface area (Å²) in [7, 11) is 0. The zero-order valence-electron chi connectivity index (χ0n) is 12.5. The van der Waals surface area contributed by atoms with Crippen LogP contribution in [0.3, 0.4) is 0 Å². The van der Waals surface area contributed by atoms with E-state index < -0.39 is 0 Å². The molecule has 2 atom stereocenters. The molecule has 110 valence electrons. The van der Waals surface area contributed by atoms with Gasteiger partial charge in [-0.2, -0.15) is 11.8 Å². The van der Waals surface area contributed by atoms with E-state index in [0.29, 0.717) is 5.54 Å². The Morgan fingerprint density at radius 3 is 2.84 bits per heavy atom. The van der Waals surface area contributed by atoms with E-state index in [1.54, 1.807) is 0 Å². The molecule has 0 aromatic carbocycles. The van der Waals surface area contributed by atoms with Crippen LogP contribution in [0.15, 0.2) is 0 Å². The molecule has 1 spiro atoms. The number of hydrogen-bond donors (Lipinski definition) is 1. The molecule has 1 heterocycles. The molecule has 0 aromatic heterocycles. The average molecular weight is 282 g/mol. The maximum absolute atomic E-state index is 3.88. The van der Waals surface area contributed by atoms with Gasteiger partial charge >= 0.3 is 0 Å². The first kappa shape index (κ1) is 14.2. The molecule has 2 saturated carbocycles. The Labute approximate surface area is 123 Å². The summed E-state index contributed by atoms with van der Waals surface area (Å²) in [5.74, 6) is 1.29. The second kappa shape index (κ2) is 6.36. The van der Waals surface area contributed by atoms with Gasteiger partial charge in [0.25, 0.3) is 0 Å². The Bertz CT molecular complexity index is 283. The van der Waals surface area contributed by atoms with E-state index in [1.165, 1.54) is 76.8 Å². The van der Waals surface area contributed by atoms with Crippen LogP contribution >= 0.6 is 11.8 Å². The van der Waals surface area contributed by atoms with Gasteiger partial charge in [0.2, 0.25) is 0 Å². The number of piperazine rings is 1. The lowest BCUT2D eigenvalue weighted by Gasteiger charge is -2.48. The fourth-order valence-corrected chi connectivity index (χ4v) is 5.63. The van der Waals surface area contributed by atoms with Gasteiger partial charge in [0.15, 0.2) is 0 Å². The lowest BCUT2D eigenvalue weighted by molar-refractivity contribution is 0.0697. The standard InChI is InChI=1S/C16H30N2S/c1-2-19-15-7-6-14(12-15)18-11-10-17-16(13-18)8-4-3-5-9-16/h14-15,17H,2-13H2,1H3. The van der Waals surface area contributed by atoms with Gasteiger partial charge in [-0.3, -0.25) is 4.90 Å². The average Bonchev–Trinajstić information content (AvgIpc) is 2.89. The number of nitrogens with zero attached hydrogens (tertiary/aromatic N) is 1. The van der Waals surface area contributed by atoms with Crippen LogP contribution < -0.4 is 5.32 Å². The highest BCUT2D eigenvalue weighted by Crippen LogP contribution is 2.36. The molecule has 0 aromatic rings. The highest BCUT2D eigenvalue weighted by atomic mass is 32.2. The van der Waals surface area contributed by atoms with Crippen LogP contribution in [0, 0.1) is 0 Å². The fraction of sp³-hybridized carbons (Fsp3) is 1.00. The predicted octanol–water partition coefficient (Wildman–Crippen LogP) is 3.27. The van der Waals surface area contributed by atoms with Crippen LogP contribution in [0.25, 0.3) is 0 Å². The fourth-order valence-electron chi connectivity index (χ4n) is 4.50. The summed E-state index contributed by atoms with van der Waals surface area (Å²) in [5.41, 5.74) is 0.493. The quantitative estimate of drug-likeness (QED) is 0.855. The topological polar surface area (TPSA) is 15.3 Å². The first-order valence-corrected chi connectivity index (χ1v) is 9.47. The van der Waals surface area contributed by atoms with Gasteiger partial charge in [0.05, 0.1) is 0 Å². The monoisotopic (exact) mass is 282 g/mol. The van der Waals surface area contributed by atoms with E-state index >= 15 is 0 Å². The lowest BCUT2D eigenvalue weighted by Crippen LogP contribution is -2.62. The number of nitrogens with one attached hydrogen (secondary N) is 1. The Morgan fingerprint density at radius 2 is 2.05 bits per heavy atom. The van der Waals surface area contributed by atoms with E-state index in [1.807, 2.05) is 0 Å². The Hall–Kier alpha value is 0.270. The van der Waals surface area contributed by atoms with Gasteiger partial charge in [-0.05, 0) is 37.9 Å². The molecule has 1 aliphatic heterocycles. The minimum atomic E-state index is 0.493. The summed E-state index contributed by atoms with van der Waals surface area (Å²) in [5, 5.41) is 4.83. The molecule has 2 nitrogen and oxygen atoms in total. The molecule has 0 bridgehead atoms. The Kier molecular flexibility index (Phi) is 4.76. The van der Waals surface area contributed by atoms with Crippen molar-refractivity contribution in [1.29, 1.82) is 0 Å². The number of thioether (sulfide) groups is 1. The minimum absolute atomic E-state index is 0.493. The maximum atomic E-state index is 3.88. The third-order valence-corrected chi connectivity index (χ3v) is 6.72. The largest absolute Gasteiger partial charge is 0.309 e. The van der Waals surface area contributed by atoms with E-state index in [0.717, 1.165) is 11.3 Å². The molecule has 0 radical (unpaired) electrons. The van der Waals surface area contributed by atoms with Gasteiger partial charge in [-0.25, -0.2) is 0 Å². The molecule has 3 aliphatic rings. The summed E-state index contributed by atoms with van der Waals surface area (Å²) in [4.78, 5) is 2.85. The van der Waals surface area contributed by atoms with Crippen molar-refractivity contribution < 1.29 is 0 Å². The third-order valence-electron chi connectivity index (χ3n) is 5.49. The Morgan fingerprint density at radius 1 is 1.21 bits per heavy atom. The van der Waals surface area contributed by atoms with Crippen LogP contribution in [-0.4, -0.2) is 47.1 Å². The van der Waals surface area contributed by atoms with Crippen molar-refractivity contribution in [2.75, 3.05) is 25.4 Å². The van der Waals surface area contributed by atoms with Crippen LogP contribution in [0.1, 0.15) is 58.3 Å². The van der Waals surface area contributed by atoms with E-state index in [-0.39, 0.29) is 0 Å². The molecule has 1 N–H and O–H groups in total. The summed E-state index contributed by atoms with van der Waals surface area (Å²) < 4.78 is 0. The van der Waals surface area contributed by atoms with Gasteiger partial charge in [-0.1, -0.05) is 26.2 Å². The second-order valence-electron chi connectivity index (χ2n) is 6.78. The van der Waals surface area contributed by atoms with Gasteiger partial charge < -0.3 is 5.32 Å². The van der Waals surface area contributed by atoms with Crippen LogP contribution in [-0.2, 0) is 0 Å². The van der Waals surface area contributed by atoms with Gasteiger partial charge in [0.1, 0.15) is 0 Å². The summed E-state index contributed by atoms with van der Waals surface area (Å²) in [6.07, 6.45) is 11.6. The van der Waals surface area contributed by atoms with Crippen molar-refractivity contribution in [3.05, 3.63) is 0 Å². The van der Waals surface area contributed by atoms with Crippen molar-refractivity contribution in [2.24, 2.45) is 0 Å². The summed E-state index contributed by atoms with van der Waals surface area (Å²) in [6, 6.07) is 0.893. The molecular formula is C16H30N2S. The summed E-state index contributed by atoms with van der Waals surface area (Å²) in [6.45, 7) is 6.15. The van der Waals surface area contributed by atoms with E-state index in [4.69, 9.17) is 0 Å². The molecule has 3 heteroatoms. The highest BCUT2D eigenvalue weighted by molar-refractivity contribution is 7.99. The van der Waals surface area contributed by atoms with Crippen molar-refractivity contribution in [3.8, 4) is 0 Å². The first-order valence-electron chi connectivity index (χ1n) is 8.42. The molecular weight excluding hydrogens is 252 g/mol. The van der Waals surface area contributed by atoms with Crippen LogP contribution in [0.4, 0.5) is 0 Å². The highest BCUT2D eigenvalue weighted by Gasteiger charge is 2.39. The lowest BCUT2D eigenvalue weighted by atomic mass is 9.80. The smallest absolute Gasteiger partial charge is 0.0309 e. The van der Waals surface area contributed by atoms with Crippen molar-refractivity contribution in [2.45, 2.75) is 75.1 Å². The number of rotatable bonds is 3. The molecule has 19 heavy (non-hydrogen) atoms. The molecule has 3 rings (SSSR count). The molecule has 2 aliphatic carbocycles. The molecule has 1 saturated heterocycles.